The van der Waals surface area contributed by atoms with Crippen LogP contribution in [0, 0.1) is 11.8 Å². The van der Waals surface area contributed by atoms with Crippen LogP contribution in [-0.2, 0) is 14.4 Å². The van der Waals surface area contributed by atoms with Gasteiger partial charge in [-0.2, -0.15) is 0 Å². The van der Waals surface area contributed by atoms with Gasteiger partial charge in [-0.15, -0.1) is 0 Å². The van der Waals surface area contributed by atoms with Gasteiger partial charge in [0.2, 0.25) is 0 Å². The molecule has 35 heavy (non-hydrogen) atoms. The van der Waals surface area contributed by atoms with E-state index in [1.807, 2.05) is 6.92 Å². The average molecular weight is 487 g/mol. The fraction of sp³-hybridized carbons (Fsp3) is 0.844. The molecular formula is C32H54O3. The molecule has 200 valence electrons. The largest absolute Gasteiger partial charge is 0.300 e. The highest BCUT2D eigenvalue weighted by Gasteiger charge is 2.24. The third-order valence-electron chi connectivity index (χ3n) is 8.11. The van der Waals surface area contributed by atoms with E-state index in [0.29, 0.717) is 36.1 Å². The molecule has 0 N–H and O–H groups in total. The van der Waals surface area contributed by atoms with Crippen LogP contribution in [-0.4, -0.2) is 17.3 Å². The molecule has 3 rings (SSSR count). The van der Waals surface area contributed by atoms with Gasteiger partial charge in [0, 0.05) is 32.1 Å². The highest BCUT2D eigenvalue weighted by molar-refractivity contribution is 5.97. The fourth-order valence-corrected chi connectivity index (χ4v) is 6.10. The zero-order valence-electron chi connectivity index (χ0n) is 23.1. The number of carbonyl (C=O) groups is 3. The van der Waals surface area contributed by atoms with Crippen LogP contribution in [0.2, 0.25) is 0 Å². The molecule has 0 spiro atoms. The zero-order valence-corrected chi connectivity index (χ0v) is 23.1. The van der Waals surface area contributed by atoms with Crippen molar-refractivity contribution in [3.63, 3.8) is 0 Å². The van der Waals surface area contributed by atoms with Crippen molar-refractivity contribution in [3.8, 4) is 0 Å². The summed E-state index contributed by atoms with van der Waals surface area (Å²) in [4.78, 5) is 35.6. The first-order valence-electron chi connectivity index (χ1n) is 15.2. The average Bonchev–Trinajstić information content (AvgIpc) is 2.85. The van der Waals surface area contributed by atoms with Gasteiger partial charge in [0.15, 0.2) is 5.78 Å². The van der Waals surface area contributed by atoms with Crippen LogP contribution in [0.4, 0.5) is 0 Å². The molecule has 0 aromatic heterocycles. The SMILES string of the molecule is CC1CC(=O)C2=C(CCCCCCCCC2)C1.CC1CC(=O)CCCCCCCCCCC(=O)C1. The Kier molecular flexibility index (Phi) is 15.5. The molecule has 0 heterocycles. The molecule has 0 aromatic carbocycles. The van der Waals surface area contributed by atoms with Crippen LogP contribution in [0.15, 0.2) is 11.1 Å². The summed E-state index contributed by atoms with van der Waals surface area (Å²) in [5, 5.41) is 0. The van der Waals surface area contributed by atoms with Crippen molar-refractivity contribution in [2.75, 3.05) is 0 Å². The number of Topliss-reactive ketones (excluding diaryl/α,β-unsaturated/α-hetero) is 3. The summed E-state index contributed by atoms with van der Waals surface area (Å²) in [5.74, 6) is 2.01. The van der Waals surface area contributed by atoms with Gasteiger partial charge in [0.1, 0.15) is 11.6 Å². The quantitative estimate of drug-likeness (QED) is 0.343. The molecule has 0 radical (unpaired) electrons. The first-order valence-corrected chi connectivity index (χ1v) is 15.2. The van der Waals surface area contributed by atoms with E-state index in [2.05, 4.69) is 6.92 Å². The molecule has 0 aromatic rings. The Hall–Kier alpha value is -1.25. The number of hydrogen-bond donors (Lipinski definition) is 0. The van der Waals surface area contributed by atoms with Crippen molar-refractivity contribution in [2.24, 2.45) is 11.8 Å². The lowest BCUT2D eigenvalue weighted by Gasteiger charge is -2.24. The third-order valence-corrected chi connectivity index (χ3v) is 8.11. The Bertz CT molecular complexity index is 648. The van der Waals surface area contributed by atoms with Gasteiger partial charge in [0.05, 0.1) is 0 Å². The number of allylic oxidation sites excluding steroid dienone is 2. The second kappa shape index (κ2) is 18.1. The molecular weight excluding hydrogens is 432 g/mol. The maximum atomic E-state index is 12.1. The second-order valence-electron chi connectivity index (χ2n) is 11.9. The molecule has 1 saturated carbocycles. The minimum Gasteiger partial charge on any atom is -0.300 e. The summed E-state index contributed by atoms with van der Waals surface area (Å²) in [6.07, 6.45) is 25.9. The number of hydrogen-bond acceptors (Lipinski definition) is 3. The van der Waals surface area contributed by atoms with Gasteiger partial charge in [-0.1, -0.05) is 90.0 Å². The van der Waals surface area contributed by atoms with Gasteiger partial charge in [0.25, 0.3) is 0 Å². The van der Waals surface area contributed by atoms with Crippen molar-refractivity contribution >= 4 is 17.3 Å². The summed E-state index contributed by atoms with van der Waals surface area (Å²) in [7, 11) is 0. The highest BCUT2D eigenvalue weighted by Crippen LogP contribution is 2.33. The van der Waals surface area contributed by atoms with Crippen molar-refractivity contribution in [3.05, 3.63) is 11.1 Å². The smallest absolute Gasteiger partial charge is 0.159 e. The minimum atomic E-state index is 0.245. The van der Waals surface area contributed by atoms with E-state index in [0.717, 1.165) is 38.5 Å². The molecule has 3 heteroatoms. The van der Waals surface area contributed by atoms with Crippen molar-refractivity contribution in [1.29, 1.82) is 0 Å². The van der Waals surface area contributed by atoms with E-state index in [1.54, 1.807) is 0 Å². The van der Waals surface area contributed by atoms with Crippen LogP contribution >= 0.6 is 0 Å². The molecule has 3 nitrogen and oxygen atoms in total. The van der Waals surface area contributed by atoms with Gasteiger partial charge in [-0.05, 0) is 62.4 Å². The summed E-state index contributed by atoms with van der Waals surface area (Å²) < 4.78 is 0. The Morgan fingerprint density at radius 2 is 0.800 bits per heavy atom. The molecule has 0 amide bonds. The predicted octanol–water partition coefficient (Wildman–Crippen LogP) is 9.26. The fourth-order valence-electron chi connectivity index (χ4n) is 6.10. The van der Waals surface area contributed by atoms with Crippen LogP contribution in [0.3, 0.4) is 0 Å². The maximum absolute atomic E-state index is 12.1. The van der Waals surface area contributed by atoms with Crippen LogP contribution in [0.5, 0.6) is 0 Å². The number of carbonyl (C=O) groups excluding carboxylic acids is 3. The Morgan fingerprint density at radius 1 is 0.429 bits per heavy atom. The zero-order chi connectivity index (χ0) is 25.3. The van der Waals surface area contributed by atoms with E-state index in [9.17, 15) is 14.4 Å². The molecule has 0 bridgehead atoms. The van der Waals surface area contributed by atoms with E-state index in [-0.39, 0.29) is 5.92 Å². The molecule has 1 unspecified atom stereocenters. The minimum absolute atomic E-state index is 0.245. The molecule has 0 aliphatic heterocycles. The first-order chi connectivity index (χ1) is 17.0. The van der Waals surface area contributed by atoms with Crippen molar-refractivity contribution in [1.82, 2.24) is 0 Å². The van der Waals surface area contributed by atoms with Crippen molar-refractivity contribution in [2.45, 2.75) is 162 Å². The van der Waals surface area contributed by atoms with E-state index in [4.69, 9.17) is 0 Å². The van der Waals surface area contributed by atoms with Crippen molar-refractivity contribution < 1.29 is 14.4 Å². The van der Waals surface area contributed by atoms with Gasteiger partial charge < -0.3 is 0 Å². The van der Waals surface area contributed by atoms with Crippen LogP contribution < -0.4 is 0 Å². The molecule has 0 saturated heterocycles. The number of ketones is 3. The topological polar surface area (TPSA) is 51.2 Å². The van der Waals surface area contributed by atoms with Crippen LogP contribution in [0.25, 0.3) is 0 Å². The van der Waals surface area contributed by atoms with E-state index >= 15 is 0 Å². The summed E-state index contributed by atoms with van der Waals surface area (Å²) in [6.45, 7) is 4.26. The lowest BCUT2D eigenvalue weighted by Crippen LogP contribution is -2.18. The van der Waals surface area contributed by atoms with E-state index < -0.39 is 0 Å². The third kappa shape index (κ3) is 13.6. The van der Waals surface area contributed by atoms with Gasteiger partial charge >= 0.3 is 0 Å². The Balaban J connectivity index is 0.000000247. The second-order valence-corrected chi connectivity index (χ2v) is 11.9. The molecule has 3 aliphatic rings. The summed E-state index contributed by atoms with van der Waals surface area (Å²) >= 11 is 0. The molecule has 1 atom stereocenters. The Labute approximate surface area is 216 Å². The maximum Gasteiger partial charge on any atom is 0.159 e. The standard InChI is InChI=1S/C16H28O2.C16H26O/c1-14-12-15(17)10-8-6-4-2-3-5-7-9-11-16(18)13-14;1-13-11-14-9-7-5-3-2-4-6-8-10-15(14)16(17)12-13/h14H,2-13H2,1H3;13H,2-12H2,1H3. The normalized spacial score (nSPS) is 25.9. The lowest BCUT2D eigenvalue weighted by molar-refractivity contribution is -0.122. The number of rotatable bonds is 0. The first kappa shape index (κ1) is 30.0. The van der Waals surface area contributed by atoms with Gasteiger partial charge in [-0.3, -0.25) is 14.4 Å². The summed E-state index contributed by atoms with van der Waals surface area (Å²) in [5.41, 5.74) is 2.76. The monoisotopic (exact) mass is 486 g/mol. The molecule has 1 fully saturated rings. The van der Waals surface area contributed by atoms with E-state index in [1.165, 1.54) is 107 Å². The van der Waals surface area contributed by atoms with Crippen LogP contribution in [0.1, 0.15) is 162 Å². The van der Waals surface area contributed by atoms with Gasteiger partial charge in [-0.25, -0.2) is 0 Å². The summed E-state index contributed by atoms with van der Waals surface area (Å²) in [6, 6.07) is 0. The highest BCUT2D eigenvalue weighted by atomic mass is 16.1. The Morgan fingerprint density at radius 3 is 1.29 bits per heavy atom. The lowest BCUT2D eigenvalue weighted by atomic mass is 9.80. The molecule has 3 aliphatic carbocycles. The predicted molar refractivity (Wildman–Crippen MR) is 147 cm³/mol.